The fourth-order valence-corrected chi connectivity index (χ4v) is 2.11. The first-order valence-corrected chi connectivity index (χ1v) is 7.22. The van der Waals surface area contributed by atoms with Crippen LogP contribution in [0.4, 0.5) is 0 Å². The molecule has 1 rings (SSSR count). The van der Waals surface area contributed by atoms with E-state index in [1.165, 1.54) is 0 Å². The summed E-state index contributed by atoms with van der Waals surface area (Å²) in [6.45, 7) is 6.51. The highest BCUT2D eigenvalue weighted by atomic mass is 35.5. The van der Waals surface area contributed by atoms with Gasteiger partial charge in [-0.3, -0.25) is 4.79 Å². The molecule has 0 saturated heterocycles. The standard InChI is InChI=1S/C15H23ClN2O/c1-4-14(5-2)18-15(19)10-17-11(3)12-7-6-8-13(16)9-12/h6-9,11,14,17H,4-5,10H2,1-3H3,(H,18,19)/t11-/m0/s1. The number of hydrogen-bond donors (Lipinski definition) is 2. The van der Waals surface area contributed by atoms with Gasteiger partial charge >= 0.3 is 0 Å². The van der Waals surface area contributed by atoms with Crippen molar-refractivity contribution >= 4 is 17.5 Å². The lowest BCUT2D eigenvalue weighted by Gasteiger charge is -2.17. The second-order valence-corrected chi connectivity index (χ2v) is 5.17. The summed E-state index contributed by atoms with van der Waals surface area (Å²) in [5.74, 6) is 0.0441. The predicted octanol–water partition coefficient (Wildman–Crippen LogP) is 3.30. The maximum absolute atomic E-state index is 11.8. The Balaban J connectivity index is 2.41. The van der Waals surface area contributed by atoms with Gasteiger partial charge in [0.2, 0.25) is 5.91 Å². The number of hydrogen-bond acceptors (Lipinski definition) is 2. The van der Waals surface area contributed by atoms with E-state index in [1.807, 2.05) is 31.2 Å². The van der Waals surface area contributed by atoms with Crippen LogP contribution in [0.25, 0.3) is 0 Å². The summed E-state index contributed by atoms with van der Waals surface area (Å²) >= 11 is 5.95. The number of amides is 1. The van der Waals surface area contributed by atoms with E-state index in [0.717, 1.165) is 18.4 Å². The van der Waals surface area contributed by atoms with Crippen LogP contribution in [0.5, 0.6) is 0 Å². The van der Waals surface area contributed by atoms with Gasteiger partial charge in [0, 0.05) is 17.1 Å². The van der Waals surface area contributed by atoms with Gasteiger partial charge in [-0.15, -0.1) is 0 Å². The van der Waals surface area contributed by atoms with Gasteiger partial charge in [0.15, 0.2) is 0 Å². The average molecular weight is 283 g/mol. The third kappa shape index (κ3) is 5.62. The summed E-state index contributed by atoms with van der Waals surface area (Å²) < 4.78 is 0. The van der Waals surface area contributed by atoms with Crippen molar-refractivity contribution in [3.63, 3.8) is 0 Å². The van der Waals surface area contributed by atoms with Crippen LogP contribution in [0, 0.1) is 0 Å². The van der Waals surface area contributed by atoms with Crippen LogP contribution >= 0.6 is 11.6 Å². The van der Waals surface area contributed by atoms with Gasteiger partial charge in [-0.05, 0) is 37.5 Å². The van der Waals surface area contributed by atoms with Crippen LogP contribution in [0.15, 0.2) is 24.3 Å². The Morgan fingerprint density at radius 3 is 2.58 bits per heavy atom. The molecule has 1 atom stereocenters. The zero-order chi connectivity index (χ0) is 14.3. The van der Waals surface area contributed by atoms with Crippen LogP contribution in [0.1, 0.15) is 45.2 Å². The van der Waals surface area contributed by atoms with Crippen LogP contribution in [-0.2, 0) is 4.79 Å². The Morgan fingerprint density at radius 2 is 2.00 bits per heavy atom. The monoisotopic (exact) mass is 282 g/mol. The van der Waals surface area contributed by atoms with Gasteiger partial charge < -0.3 is 10.6 Å². The number of carbonyl (C=O) groups excluding carboxylic acids is 1. The average Bonchev–Trinajstić information content (AvgIpc) is 2.42. The zero-order valence-corrected chi connectivity index (χ0v) is 12.6. The smallest absolute Gasteiger partial charge is 0.234 e. The third-order valence-electron chi connectivity index (χ3n) is 3.27. The van der Waals surface area contributed by atoms with E-state index in [0.29, 0.717) is 11.6 Å². The van der Waals surface area contributed by atoms with Crippen LogP contribution < -0.4 is 10.6 Å². The van der Waals surface area contributed by atoms with E-state index in [-0.39, 0.29) is 18.0 Å². The molecular formula is C15H23ClN2O. The van der Waals surface area contributed by atoms with E-state index >= 15 is 0 Å². The van der Waals surface area contributed by atoms with Crippen LogP contribution in [0.3, 0.4) is 0 Å². The van der Waals surface area contributed by atoms with Crippen molar-refractivity contribution in [3.8, 4) is 0 Å². The van der Waals surface area contributed by atoms with E-state index in [1.54, 1.807) is 0 Å². The first-order valence-electron chi connectivity index (χ1n) is 6.85. The van der Waals surface area contributed by atoms with Gasteiger partial charge in [0.1, 0.15) is 0 Å². The molecule has 4 heteroatoms. The first kappa shape index (κ1) is 16.0. The molecule has 106 valence electrons. The highest BCUT2D eigenvalue weighted by Gasteiger charge is 2.10. The highest BCUT2D eigenvalue weighted by Crippen LogP contribution is 2.16. The number of halogens is 1. The number of rotatable bonds is 7. The van der Waals surface area contributed by atoms with Crippen LogP contribution in [-0.4, -0.2) is 18.5 Å². The largest absolute Gasteiger partial charge is 0.352 e. The fraction of sp³-hybridized carbons (Fsp3) is 0.533. The third-order valence-corrected chi connectivity index (χ3v) is 3.50. The highest BCUT2D eigenvalue weighted by molar-refractivity contribution is 6.30. The Bertz CT molecular complexity index is 405. The topological polar surface area (TPSA) is 41.1 Å². The molecule has 0 aliphatic rings. The number of carbonyl (C=O) groups is 1. The molecule has 1 aromatic carbocycles. The molecule has 0 aliphatic carbocycles. The van der Waals surface area contributed by atoms with Crippen molar-refractivity contribution in [2.75, 3.05) is 6.54 Å². The van der Waals surface area contributed by atoms with Gasteiger partial charge in [0.05, 0.1) is 6.54 Å². The Hall–Kier alpha value is -1.06. The van der Waals surface area contributed by atoms with Crippen molar-refractivity contribution in [1.82, 2.24) is 10.6 Å². The summed E-state index contributed by atoms with van der Waals surface area (Å²) in [6.07, 6.45) is 1.93. The van der Waals surface area contributed by atoms with Gasteiger partial charge in [-0.1, -0.05) is 37.6 Å². The van der Waals surface area contributed by atoms with Crippen molar-refractivity contribution < 1.29 is 4.79 Å². The van der Waals surface area contributed by atoms with Gasteiger partial charge in [0.25, 0.3) is 0 Å². The lowest BCUT2D eigenvalue weighted by Crippen LogP contribution is -2.40. The maximum Gasteiger partial charge on any atom is 0.234 e. The molecule has 0 saturated carbocycles. The van der Waals surface area contributed by atoms with E-state index < -0.39 is 0 Å². The van der Waals surface area contributed by atoms with E-state index in [2.05, 4.69) is 24.5 Å². The second-order valence-electron chi connectivity index (χ2n) is 4.74. The Labute approximate surface area is 120 Å². The Morgan fingerprint density at radius 1 is 1.32 bits per heavy atom. The molecule has 0 aromatic heterocycles. The second kappa shape index (κ2) is 8.18. The molecule has 3 nitrogen and oxygen atoms in total. The normalized spacial score (nSPS) is 12.5. The first-order chi connectivity index (χ1) is 9.06. The molecule has 0 spiro atoms. The van der Waals surface area contributed by atoms with E-state index in [9.17, 15) is 4.79 Å². The molecule has 0 fully saturated rings. The summed E-state index contributed by atoms with van der Waals surface area (Å²) in [4.78, 5) is 11.8. The molecule has 1 amide bonds. The molecule has 0 heterocycles. The quantitative estimate of drug-likeness (QED) is 0.806. The summed E-state index contributed by atoms with van der Waals surface area (Å²) in [5, 5.41) is 6.93. The molecule has 1 aromatic rings. The van der Waals surface area contributed by atoms with E-state index in [4.69, 9.17) is 11.6 Å². The van der Waals surface area contributed by atoms with Gasteiger partial charge in [-0.2, -0.15) is 0 Å². The van der Waals surface area contributed by atoms with Gasteiger partial charge in [-0.25, -0.2) is 0 Å². The van der Waals surface area contributed by atoms with Crippen LogP contribution in [0.2, 0.25) is 5.02 Å². The zero-order valence-electron chi connectivity index (χ0n) is 11.9. The Kier molecular flexibility index (Phi) is 6.89. The molecule has 19 heavy (non-hydrogen) atoms. The van der Waals surface area contributed by atoms with Crippen molar-refractivity contribution in [3.05, 3.63) is 34.9 Å². The molecular weight excluding hydrogens is 260 g/mol. The molecule has 0 radical (unpaired) electrons. The molecule has 0 aliphatic heterocycles. The van der Waals surface area contributed by atoms with Crippen molar-refractivity contribution in [2.45, 2.75) is 45.7 Å². The minimum atomic E-state index is 0.0441. The molecule has 0 bridgehead atoms. The summed E-state index contributed by atoms with van der Waals surface area (Å²) in [5.41, 5.74) is 1.09. The minimum Gasteiger partial charge on any atom is -0.352 e. The molecule has 2 N–H and O–H groups in total. The number of nitrogens with one attached hydrogen (secondary N) is 2. The van der Waals surface area contributed by atoms with Crippen molar-refractivity contribution in [1.29, 1.82) is 0 Å². The fourth-order valence-electron chi connectivity index (χ4n) is 1.91. The predicted molar refractivity (Wildman–Crippen MR) is 80.4 cm³/mol. The SMILES string of the molecule is CCC(CC)NC(=O)CN[C@@H](C)c1cccc(Cl)c1. The summed E-state index contributed by atoms with van der Waals surface area (Å²) in [7, 11) is 0. The summed E-state index contributed by atoms with van der Waals surface area (Å²) in [6, 6.07) is 8.06. The molecule has 0 unspecified atom stereocenters. The number of benzene rings is 1. The lowest BCUT2D eigenvalue weighted by atomic mass is 10.1. The maximum atomic E-state index is 11.8. The lowest BCUT2D eigenvalue weighted by molar-refractivity contribution is -0.121. The minimum absolute atomic E-state index is 0.0441. The van der Waals surface area contributed by atoms with Crippen molar-refractivity contribution in [2.24, 2.45) is 0 Å².